The molecule has 3 rings (SSSR count). The van der Waals surface area contributed by atoms with Crippen molar-refractivity contribution in [1.82, 2.24) is 4.90 Å². The number of aliphatic hydroxyl groups excluding tert-OH is 1. The normalized spacial score (nSPS) is 18.1. The number of ether oxygens (including phenoxy) is 2. The molecular formula is C23H24FNO5. The van der Waals surface area contributed by atoms with Gasteiger partial charge in [-0.15, -0.1) is 0 Å². The summed E-state index contributed by atoms with van der Waals surface area (Å²) in [4.78, 5) is 26.9. The van der Waals surface area contributed by atoms with Crippen molar-refractivity contribution in [3.8, 4) is 5.75 Å². The monoisotopic (exact) mass is 413 g/mol. The first-order valence-electron chi connectivity index (χ1n) is 9.74. The third kappa shape index (κ3) is 4.21. The predicted molar refractivity (Wildman–Crippen MR) is 110 cm³/mol. The molecule has 1 unspecified atom stereocenters. The van der Waals surface area contributed by atoms with E-state index in [2.05, 4.69) is 0 Å². The van der Waals surface area contributed by atoms with Crippen LogP contribution >= 0.6 is 0 Å². The first-order valence-corrected chi connectivity index (χ1v) is 9.74. The van der Waals surface area contributed by atoms with Gasteiger partial charge in [0.2, 0.25) is 0 Å². The highest BCUT2D eigenvalue weighted by Gasteiger charge is 2.46. The van der Waals surface area contributed by atoms with E-state index in [0.717, 1.165) is 0 Å². The van der Waals surface area contributed by atoms with Crippen molar-refractivity contribution in [2.75, 3.05) is 26.9 Å². The van der Waals surface area contributed by atoms with Gasteiger partial charge >= 0.3 is 0 Å². The maximum absolute atomic E-state index is 14.7. The van der Waals surface area contributed by atoms with Gasteiger partial charge in [0.1, 0.15) is 17.3 Å². The largest absolute Gasteiger partial charge is 0.507 e. The van der Waals surface area contributed by atoms with Crippen LogP contribution in [0, 0.1) is 5.82 Å². The molecule has 0 aliphatic carbocycles. The number of methoxy groups -OCH3 is 1. The molecule has 6 nitrogen and oxygen atoms in total. The summed E-state index contributed by atoms with van der Waals surface area (Å²) < 4.78 is 25.2. The Hall–Kier alpha value is -3.19. The average Bonchev–Trinajstić information content (AvgIpc) is 2.99. The maximum Gasteiger partial charge on any atom is 0.295 e. The highest BCUT2D eigenvalue weighted by molar-refractivity contribution is 6.46. The summed E-state index contributed by atoms with van der Waals surface area (Å²) in [6.07, 6.45) is 0.467. The molecule has 1 atom stereocenters. The lowest BCUT2D eigenvalue weighted by Gasteiger charge is -2.25. The molecular weight excluding hydrogens is 389 g/mol. The molecule has 1 fully saturated rings. The molecule has 1 aliphatic heterocycles. The van der Waals surface area contributed by atoms with Gasteiger partial charge in [0, 0.05) is 31.4 Å². The summed E-state index contributed by atoms with van der Waals surface area (Å²) in [5.74, 6) is -2.03. The molecule has 7 heteroatoms. The number of likely N-dealkylation sites (tertiary alicyclic amines) is 1. The fraction of sp³-hybridized carbons (Fsp3) is 0.304. The van der Waals surface area contributed by atoms with E-state index < -0.39 is 23.5 Å². The number of aliphatic hydroxyl groups is 1. The number of Topliss-reactive ketones (excluding diaryl/α,β-unsaturated/α-hetero) is 1. The van der Waals surface area contributed by atoms with Gasteiger partial charge in [0.15, 0.2) is 0 Å². The van der Waals surface area contributed by atoms with Gasteiger partial charge in [-0.05, 0) is 31.5 Å². The Morgan fingerprint density at radius 2 is 1.93 bits per heavy atom. The molecule has 0 saturated carbocycles. The number of benzene rings is 2. The highest BCUT2D eigenvalue weighted by Crippen LogP contribution is 2.40. The number of carbonyl (C=O) groups excluding carboxylic acids is 2. The van der Waals surface area contributed by atoms with Crippen LogP contribution < -0.4 is 4.74 Å². The van der Waals surface area contributed by atoms with Crippen LogP contribution in [0.3, 0.4) is 0 Å². The molecule has 0 radical (unpaired) electrons. The molecule has 158 valence electrons. The van der Waals surface area contributed by atoms with Gasteiger partial charge in [0.25, 0.3) is 11.7 Å². The van der Waals surface area contributed by atoms with Crippen LogP contribution in [0.4, 0.5) is 4.39 Å². The Morgan fingerprint density at radius 3 is 2.63 bits per heavy atom. The van der Waals surface area contributed by atoms with Gasteiger partial charge in [0.05, 0.1) is 18.2 Å². The molecule has 1 N–H and O–H groups in total. The molecule has 1 heterocycles. The van der Waals surface area contributed by atoms with Crippen molar-refractivity contribution in [2.24, 2.45) is 0 Å². The number of carbonyl (C=O) groups is 2. The average molecular weight is 413 g/mol. The number of halogens is 1. The number of rotatable bonds is 8. The fourth-order valence-electron chi connectivity index (χ4n) is 3.57. The van der Waals surface area contributed by atoms with Crippen LogP contribution in [0.15, 0.2) is 54.1 Å². The summed E-state index contributed by atoms with van der Waals surface area (Å²) >= 11 is 0. The second-order valence-corrected chi connectivity index (χ2v) is 6.82. The molecule has 2 aromatic carbocycles. The van der Waals surface area contributed by atoms with Gasteiger partial charge < -0.3 is 19.5 Å². The summed E-state index contributed by atoms with van der Waals surface area (Å²) in [5.41, 5.74) is 0.324. The van der Waals surface area contributed by atoms with Crippen molar-refractivity contribution < 1.29 is 28.6 Å². The van der Waals surface area contributed by atoms with Gasteiger partial charge in [-0.1, -0.05) is 30.3 Å². The SMILES string of the molecule is CCOc1cccc(/C(O)=C2/C(=O)C(=O)N(CCCOC)C2c2ccccc2F)c1. The Morgan fingerprint density at radius 1 is 1.17 bits per heavy atom. The van der Waals surface area contributed by atoms with E-state index in [-0.39, 0.29) is 23.4 Å². The van der Waals surface area contributed by atoms with Gasteiger partial charge in [-0.2, -0.15) is 0 Å². The Balaban J connectivity index is 2.13. The van der Waals surface area contributed by atoms with Crippen LogP contribution in [0.5, 0.6) is 5.75 Å². The Labute approximate surface area is 174 Å². The molecule has 1 amide bonds. The molecule has 30 heavy (non-hydrogen) atoms. The number of hydrogen-bond acceptors (Lipinski definition) is 5. The van der Waals surface area contributed by atoms with Crippen LogP contribution in [0.2, 0.25) is 0 Å². The lowest BCUT2D eigenvalue weighted by molar-refractivity contribution is -0.140. The number of amides is 1. The van der Waals surface area contributed by atoms with E-state index in [9.17, 15) is 19.1 Å². The van der Waals surface area contributed by atoms with Crippen molar-refractivity contribution in [3.05, 3.63) is 71.0 Å². The van der Waals surface area contributed by atoms with E-state index in [1.807, 2.05) is 6.92 Å². The fourth-order valence-corrected chi connectivity index (χ4v) is 3.57. The van der Waals surface area contributed by atoms with E-state index in [0.29, 0.717) is 30.9 Å². The lowest BCUT2D eigenvalue weighted by atomic mass is 9.95. The second kappa shape index (κ2) is 9.54. The van der Waals surface area contributed by atoms with Gasteiger partial charge in [-0.25, -0.2) is 4.39 Å². The maximum atomic E-state index is 14.7. The molecule has 0 spiro atoms. The molecule has 0 aromatic heterocycles. The minimum absolute atomic E-state index is 0.142. The first-order chi connectivity index (χ1) is 14.5. The third-order valence-electron chi connectivity index (χ3n) is 4.91. The van der Waals surface area contributed by atoms with Gasteiger partial charge in [-0.3, -0.25) is 9.59 Å². The van der Waals surface area contributed by atoms with Crippen LogP contribution in [-0.4, -0.2) is 48.6 Å². The predicted octanol–water partition coefficient (Wildman–Crippen LogP) is 3.68. The van der Waals surface area contributed by atoms with E-state index in [1.54, 1.807) is 30.3 Å². The number of hydrogen-bond donors (Lipinski definition) is 1. The van der Waals surface area contributed by atoms with Crippen LogP contribution in [0.1, 0.15) is 30.5 Å². The summed E-state index contributed by atoms with van der Waals surface area (Å²) in [6.45, 7) is 2.83. The minimum atomic E-state index is -1.03. The topological polar surface area (TPSA) is 76.1 Å². The quantitative estimate of drug-likeness (QED) is 0.309. The summed E-state index contributed by atoms with van der Waals surface area (Å²) in [6, 6.07) is 11.5. The van der Waals surface area contributed by atoms with Crippen LogP contribution in [-0.2, 0) is 14.3 Å². The second-order valence-electron chi connectivity index (χ2n) is 6.82. The summed E-state index contributed by atoms with van der Waals surface area (Å²) in [5, 5.41) is 11.0. The summed E-state index contributed by atoms with van der Waals surface area (Å²) in [7, 11) is 1.54. The molecule has 1 saturated heterocycles. The Bertz CT molecular complexity index is 972. The van der Waals surface area contributed by atoms with Crippen molar-refractivity contribution >= 4 is 17.4 Å². The first kappa shape index (κ1) is 21.5. The number of ketones is 1. The molecule has 2 aromatic rings. The smallest absolute Gasteiger partial charge is 0.295 e. The zero-order valence-electron chi connectivity index (χ0n) is 16.9. The lowest BCUT2D eigenvalue weighted by Crippen LogP contribution is -2.31. The standard InChI is InChI=1S/C23H24FNO5/c1-3-30-16-9-6-8-15(14-16)21(26)19-20(17-10-4-5-11-18(17)24)25(12-7-13-29-2)23(28)22(19)27/h4-6,8-11,14,20,26H,3,7,12-13H2,1-2H3/b21-19-. The van der Waals surface area contributed by atoms with Crippen molar-refractivity contribution in [1.29, 1.82) is 0 Å². The molecule has 0 bridgehead atoms. The zero-order valence-corrected chi connectivity index (χ0v) is 16.9. The van der Waals surface area contributed by atoms with E-state index in [1.165, 1.54) is 30.2 Å². The number of nitrogens with zero attached hydrogens (tertiary/aromatic N) is 1. The molecule has 1 aliphatic rings. The minimum Gasteiger partial charge on any atom is -0.507 e. The zero-order chi connectivity index (χ0) is 21.7. The van der Waals surface area contributed by atoms with E-state index in [4.69, 9.17) is 9.47 Å². The Kier molecular flexibility index (Phi) is 6.84. The van der Waals surface area contributed by atoms with Crippen molar-refractivity contribution in [3.63, 3.8) is 0 Å². The van der Waals surface area contributed by atoms with Crippen LogP contribution in [0.25, 0.3) is 5.76 Å². The highest BCUT2D eigenvalue weighted by atomic mass is 19.1. The van der Waals surface area contributed by atoms with Crippen molar-refractivity contribution in [2.45, 2.75) is 19.4 Å². The van der Waals surface area contributed by atoms with E-state index >= 15 is 0 Å². The third-order valence-corrected chi connectivity index (χ3v) is 4.91.